The van der Waals surface area contributed by atoms with E-state index in [4.69, 9.17) is 47.6 Å². The molecule has 2 aromatic heterocycles. The van der Waals surface area contributed by atoms with Gasteiger partial charge in [0.05, 0.1) is 15.6 Å². The Bertz CT molecular complexity index is 2960. The first kappa shape index (κ1) is 49.4. The summed E-state index contributed by atoms with van der Waals surface area (Å²) in [6.07, 6.45) is 10.3. The van der Waals surface area contributed by atoms with E-state index in [2.05, 4.69) is 42.0 Å². The van der Waals surface area contributed by atoms with Crippen LogP contribution in [0.1, 0.15) is 81.3 Å². The first-order chi connectivity index (χ1) is 33.9. The van der Waals surface area contributed by atoms with Crippen LogP contribution in [0.5, 0.6) is 23.0 Å². The average molecular weight is 984 g/mol. The van der Waals surface area contributed by atoms with Crippen LogP contribution in [0.4, 0.5) is 0 Å². The third-order valence-electron chi connectivity index (χ3n) is 12.9. The number of aliphatic carboxylic acids is 2. The molecule has 4 heterocycles. The van der Waals surface area contributed by atoms with Crippen LogP contribution in [0.3, 0.4) is 0 Å². The van der Waals surface area contributed by atoms with Crippen molar-refractivity contribution in [2.45, 2.75) is 91.1 Å². The van der Waals surface area contributed by atoms with E-state index < -0.39 is 24.0 Å². The lowest BCUT2D eigenvalue weighted by Gasteiger charge is -2.23. The zero-order valence-corrected chi connectivity index (χ0v) is 40.3. The predicted molar refractivity (Wildman–Crippen MR) is 265 cm³/mol. The molecule has 6 aromatic rings. The molecule has 70 heavy (non-hydrogen) atoms. The quantitative estimate of drug-likeness (QED) is 0.0613. The van der Waals surface area contributed by atoms with Crippen molar-refractivity contribution in [2.24, 2.45) is 0 Å². The Labute approximate surface area is 416 Å². The van der Waals surface area contributed by atoms with Crippen molar-refractivity contribution in [2.75, 3.05) is 13.1 Å². The van der Waals surface area contributed by atoms with Crippen molar-refractivity contribution in [3.05, 3.63) is 163 Å². The molecule has 0 spiro atoms. The van der Waals surface area contributed by atoms with Crippen LogP contribution in [0.15, 0.2) is 97.6 Å². The minimum absolute atomic E-state index is 0.120. The van der Waals surface area contributed by atoms with E-state index in [1.165, 1.54) is 12.4 Å². The second-order valence-electron chi connectivity index (χ2n) is 17.5. The largest absolute Gasteiger partial charge is 0.488 e. The molecule has 8 rings (SSSR count). The highest BCUT2D eigenvalue weighted by Crippen LogP contribution is 2.39. The number of nitrogens with zero attached hydrogens (tertiary/aromatic N) is 5. The van der Waals surface area contributed by atoms with Crippen molar-refractivity contribution in [1.82, 2.24) is 19.8 Å². The number of halogens is 2. The molecule has 2 aliphatic heterocycles. The molecular formula is C54H52Cl2N6O8. The fraction of sp³-hybridized carbons (Fsp3) is 0.296. The highest BCUT2D eigenvalue weighted by molar-refractivity contribution is 6.32. The van der Waals surface area contributed by atoms with Gasteiger partial charge in [-0.2, -0.15) is 5.26 Å². The Balaban J connectivity index is 1.00. The van der Waals surface area contributed by atoms with E-state index in [1.54, 1.807) is 48.9 Å². The zero-order valence-electron chi connectivity index (χ0n) is 38.8. The summed E-state index contributed by atoms with van der Waals surface area (Å²) in [6, 6.07) is 23.6. The number of carboxylic acid groups (broad SMARTS) is 2. The summed E-state index contributed by atoms with van der Waals surface area (Å²) in [4.78, 5) is 36.3. The second kappa shape index (κ2) is 22.6. The first-order valence-corrected chi connectivity index (χ1v) is 23.7. The number of likely N-dealkylation sites (tertiary alicyclic amines) is 2. The van der Waals surface area contributed by atoms with Gasteiger partial charge >= 0.3 is 11.9 Å². The van der Waals surface area contributed by atoms with Crippen LogP contribution in [-0.2, 0) is 49.1 Å². The molecule has 0 bridgehead atoms. The predicted octanol–water partition coefficient (Wildman–Crippen LogP) is 10.4. The van der Waals surface area contributed by atoms with E-state index >= 15 is 0 Å². The molecule has 0 radical (unpaired) electrons. The van der Waals surface area contributed by atoms with Crippen molar-refractivity contribution < 1.29 is 38.7 Å². The Morgan fingerprint density at radius 1 is 0.671 bits per heavy atom. The lowest BCUT2D eigenvalue weighted by molar-refractivity contribution is -0.143. The van der Waals surface area contributed by atoms with Crippen LogP contribution >= 0.6 is 23.2 Å². The maximum atomic E-state index is 12.0. The molecule has 0 unspecified atom stereocenters. The van der Waals surface area contributed by atoms with Gasteiger partial charge in [-0.1, -0.05) is 59.6 Å². The molecule has 0 amide bonds. The van der Waals surface area contributed by atoms with Gasteiger partial charge in [-0.15, -0.1) is 0 Å². The number of ether oxygens (including phenoxy) is 4. The van der Waals surface area contributed by atoms with Gasteiger partial charge < -0.3 is 34.6 Å². The number of benzene rings is 4. The number of rotatable bonds is 20. The van der Waals surface area contributed by atoms with E-state index in [-0.39, 0.29) is 26.4 Å². The number of aromatic nitrogens is 2. The summed E-state index contributed by atoms with van der Waals surface area (Å²) in [5.74, 6) is 0.0789. The van der Waals surface area contributed by atoms with Crippen LogP contribution in [0, 0.1) is 30.6 Å². The Hall–Kier alpha value is -7.02. The number of carbonyl (C=O) groups is 2. The fourth-order valence-corrected chi connectivity index (χ4v) is 9.59. The molecule has 2 aliphatic rings. The first-order valence-electron chi connectivity index (χ1n) is 22.9. The van der Waals surface area contributed by atoms with Crippen LogP contribution in [0.2, 0.25) is 10.0 Å². The molecule has 3 N–H and O–H groups in total. The van der Waals surface area contributed by atoms with E-state index in [9.17, 15) is 25.1 Å². The third-order valence-corrected chi connectivity index (χ3v) is 13.5. The van der Waals surface area contributed by atoms with Gasteiger partial charge in [0, 0.05) is 84.0 Å². The van der Waals surface area contributed by atoms with Gasteiger partial charge in [0.15, 0.2) is 0 Å². The van der Waals surface area contributed by atoms with Crippen LogP contribution in [-0.4, -0.2) is 73.3 Å². The molecule has 14 nitrogen and oxygen atoms in total. The van der Waals surface area contributed by atoms with E-state index in [1.807, 2.05) is 40.1 Å². The second-order valence-corrected chi connectivity index (χ2v) is 18.3. The van der Waals surface area contributed by atoms with Crippen molar-refractivity contribution in [3.63, 3.8) is 0 Å². The molecule has 2 saturated heterocycles. The topological polar surface area (TPSA) is 191 Å². The summed E-state index contributed by atoms with van der Waals surface area (Å²) in [6.45, 7) is 6.70. The van der Waals surface area contributed by atoms with Crippen molar-refractivity contribution >= 4 is 41.4 Å². The SMILES string of the molecule is Cc1c(COc2cc(OCc3cncc(C#N)c3)c(CN3CCC[C@H]3C(=O)O)cc2Cl)cccc1-c1cccc(COc2cc(OCc3cncc(C=N)c3)c(CN3CCC[C@H]3C(=O)O)cc2Cl)c1C. The molecule has 360 valence electrons. The van der Waals surface area contributed by atoms with Gasteiger partial charge in [0.2, 0.25) is 0 Å². The summed E-state index contributed by atoms with van der Waals surface area (Å²) in [7, 11) is 0. The minimum Gasteiger partial charge on any atom is -0.488 e. The number of nitriles is 1. The summed E-state index contributed by atoms with van der Waals surface area (Å²) >= 11 is 13.8. The smallest absolute Gasteiger partial charge is 0.320 e. The number of hydrogen-bond acceptors (Lipinski definition) is 12. The maximum absolute atomic E-state index is 12.0. The molecule has 2 fully saturated rings. The maximum Gasteiger partial charge on any atom is 0.320 e. The average Bonchev–Trinajstić information content (AvgIpc) is 4.04. The third kappa shape index (κ3) is 11.7. The molecule has 2 atom stereocenters. The number of pyridine rings is 2. The summed E-state index contributed by atoms with van der Waals surface area (Å²) < 4.78 is 25.5. The van der Waals surface area contributed by atoms with Gasteiger partial charge in [-0.05, 0) is 110 Å². The Kier molecular flexibility index (Phi) is 16.0. The zero-order chi connectivity index (χ0) is 49.3. The van der Waals surface area contributed by atoms with Gasteiger partial charge in [-0.3, -0.25) is 29.4 Å². The number of carboxylic acids is 2. The van der Waals surface area contributed by atoms with Gasteiger partial charge in [-0.25, -0.2) is 0 Å². The summed E-state index contributed by atoms with van der Waals surface area (Å²) in [5, 5.41) is 37.5. The normalized spacial score (nSPS) is 15.9. The molecule has 0 saturated carbocycles. The lowest BCUT2D eigenvalue weighted by Crippen LogP contribution is -2.35. The molecule has 16 heteroatoms. The molecule has 4 aromatic carbocycles. The standard InChI is InChI=1S/C54H52Cl2N6O8/c1-33-39(31-69-51-19-49(67-29-37-15-35(21-57)23-59-25-37)41(17-45(51)55)27-61-13-5-11-47(61)53(63)64)7-3-9-43(33)44-10-4-8-40(34(44)2)32-70-52-20-50(68-30-38-16-36(22-58)24-60-26-38)42(18-46(52)56)28-62-14-6-12-48(62)54(65)66/h3-4,7-10,15-21,23-26,47-48,57H,5-6,11-14,27-32H2,1-2H3,(H,63,64)(H,65,66)/t47-,48-/m0/s1. The summed E-state index contributed by atoms with van der Waals surface area (Å²) in [5.41, 5.74) is 9.90. The number of nitrogens with one attached hydrogen (secondary N) is 1. The van der Waals surface area contributed by atoms with Gasteiger partial charge in [0.25, 0.3) is 0 Å². The lowest BCUT2D eigenvalue weighted by atomic mass is 9.92. The van der Waals surface area contributed by atoms with Crippen molar-refractivity contribution in [3.8, 4) is 40.2 Å². The van der Waals surface area contributed by atoms with Gasteiger partial charge in [0.1, 0.15) is 67.6 Å². The minimum atomic E-state index is -0.865. The molecular weight excluding hydrogens is 932 g/mol. The van der Waals surface area contributed by atoms with E-state index in [0.29, 0.717) is 94.3 Å². The Morgan fingerprint density at radius 3 is 1.61 bits per heavy atom. The monoisotopic (exact) mass is 982 g/mol. The highest BCUT2D eigenvalue weighted by Gasteiger charge is 2.33. The van der Waals surface area contributed by atoms with Crippen LogP contribution < -0.4 is 18.9 Å². The highest BCUT2D eigenvalue weighted by atomic mass is 35.5. The molecule has 0 aliphatic carbocycles. The van der Waals surface area contributed by atoms with Crippen molar-refractivity contribution in [1.29, 1.82) is 10.7 Å². The number of hydrogen-bond donors (Lipinski definition) is 3. The Morgan fingerprint density at radius 2 is 1.14 bits per heavy atom. The fourth-order valence-electron chi connectivity index (χ4n) is 9.11. The van der Waals surface area contributed by atoms with E-state index in [0.717, 1.165) is 57.3 Å². The van der Waals surface area contributed by atoms with Crippen LogP contribution in [0.25, 0.3) is 11.1 Å².